The molecule has 142 valence electrons. The van der Waals surface area contributed by atoms with Crippen molar-refractivity contribution in [3.8, 4) is 0 Å². The van der Waals surface area contributed by atoms with Crippen LogP contribution in [0.2, 0.25) is 0 Å². The van der Waals surface area contributed by atoms with Crippen molar-refractivity contribution in [2.45, 2.75) is 24.4 Å². The first-order valence-electron chi connectivity index (χ1n) is 9.35. The molecule has 1 amide bonds. The SMILES string of the molecule is NC(C=O)CCC(=O)NC(c1ccccc1)(c1ccccc1)c1ccccc1. The van der Waals surface area contributed by atoms with Crippen LogP contribution in [-0.2, 0) is 15.1 Å². The number of nitrogens with two attached hydrogens (primary N) is 1. The van der Waals surface area contributed by atoms with Crippen molar-refractivity contribution in [2.24, 2.45) is 5.73 Å². The summed E-state index contributed by atoms with van der Waals surface area (Å²) in [5.74, 6) is -0.158. The van der Waals surface area contributed by atoms with Gasteiger partial charge in [0.25, 0.3) is 0 Å². The molecule has 28 heavy (non-hydrogen) atoms. The number of benzene rings is 3. The number of hydrogen-bond donors (Lipinski definition) is 2. The first kappa shape index (κ1) is 19.5. The molecule has 0 radical (unpaired) electrons. The maximum Gasteiger partial charge on any atom is 0.221 e. The summed E-state index contributed by atoms with van der Waals surface area (Å²) >= 11 is 0. The Morgan fingerprint density at radius 1 is 0.821 bits per heavy atom. The van der Waals surface area contributed by atoms with Gasteiger partial charge >= 0.3 is 0 Å². The predicted octanol–water partition coefficient (Wildman–Crippen LogP) is 3.40. The van der Waals surface area contributed by atoms with E-state index in [9.17, 15) is 9.59 Å². The van der Waals surface area contributed by atoms with Crippen molar-refractivity contribution in [1.29, 1.82) is 0 Å². The van der Waals surface area contributed by atoms with E-state index in [-0.39, 0.29) is 12.3 Å². The fourth-order valence-corrected chi connectivity index (χ4v) is 3.42. The molecule has 4 heteroatoms. The van der Waals surface area contributed by atoms with Crippen LogP contribution in [0.25, 0.3) is 0 Å². The van der Waals surface area contributed by atoms with E-state index < -0.39 is 11.6 Å². The monoisotopic (exact) mass is 372 g/mol. The maximum absolute atomic E-state index is 12.9. The van der Waals surface area contributed by atoms with Gasteiger partial charge in [-0.05, 0) is 23.1 Å². The molecule has 0 bridgehead atoms. The van der Waals surface area contributed by atoms with E-state index in [2.05, 4.69) is 5.32 Å². The Balaban J connectivity index is 2.11. The Labute approximate surface area is 165 Å². The number of nitrogens with one attached hydrogen (secondary N) is 1. The fourth-order valence-electron chi connectivity index (χ4n) is 3.42. The van der Waals surface area contributed by atoms with Crippen LogP contribution in [0.1, 0.15) is 29.5 Å². The van der Waals surface area contributed by atoms with Crippen molar-refractivity contribution < 1.29 is 9.59 Å². The third-order valence-electron chi connectivity index (χ3n) is 4.83. The van der Waals surface area contributed by atoms with E-state index in [1.807, 2.05) is 91.0 Å². The van der Waals surface area contributed by atoms with Gasteiger partial charge in [-0.25, -0.2) is 0 Å². The van der Waals surface area contributed by atoms with Gasteiger partial charge in [0.2, 0.25) is 5.91 Å². The topological polar surface area (TPSA) is 72.2 Å². The third-order valence-corrected chi connectivity index (χ3v) is 4.83. The van der Waals surface area contributed by atoms with Gasteiger partial charge in [-0.3, -0.25) is 4.79 Å². The molecule has 3 N–H and O–H groups in total. The van der Waals surface area contributed by atoms with Gasteiger partial charge in [-0.15, -0.1) is 0 Å². The van der Waals surface area contributed by atoms with Crippen molar-refractivity contribution in [3.63, 3.8) is 0 Å². The standard InChI is InChI=1S/C24H24N2O2/c25-22(18-27)16-17-23(28)26-24(19-10-4-1-5-11-19,20-12-6-2-7-13-20)21-14-8-3-9-15-21/h1-15,18,22H,16-17,25H2,(H,26,28). The van der Waals surface area contributed by atoms with Gasteiger partial charge in [-0.1, -0.05) is 91.0 Å². The minimum absolute atomic E-state index is 0.158. The van der Waals surface area contributed by atoms with Gasteiger partial charge in [-0.2, -0.15) is 0 Å². The van der Waals surface area contributed by atoms with Crippen LogP contribution in [0.5, 0.6) is 0 Å². The van der Waals surface area contributed by atoms with Gasteiger partial charge < -0.3 is 15.8 Å². The normalized spacial score (nSPS) is 12.2. The zero-order valence-electron chi connectivity index (χ0n) is 15.6. The average molecular weight is 372 g/mol. The van der Waals surface area contributed by atoms with Crippen molar-refractivity contribution >= 4 is 12.2 Å². The summed E-state index contributed by atoms with van der Waals surface area (Å²) in [6.45, 7) is 0. The van der Waals surface area contributed by atoms with Gasteiger partial charge in [0.1, 0.15) is 11.8 Å². The van der Waals surface area contributed by atoms with E-state index >= 15 is 0 Å². The highest BCUT2D eigenvalue weighted by atomic mass is 16.1. The van der Waals surface area contributed by atoms with Crippen molar-refractivity contribution in [1.82, 2.24) is 5.32 Å². The summed E-state index contributed by atoms with van der Waals surface area (Å²) in [5, 5.41) is 3.25. The summed E-state index contributed by atoms with van der Waals surface area (Å²) in [5.41, 5.74) is 7.71. The van der Waals surface area contributed by atoms with E-state index in [1.165, 1.54) is 0 Å². The zero-order chi connectivity index (χ0) is 19.8. The smallest absolute Gasteiger partial charge is 0.221 e. The molecule has 0 aliphatic rings. The van der Waals surface area contributed by atoms with Crippen LogP contribution in [-0.4, -0.2) is 18.2 Å². The summed E-state index contributed by atoms with van der Waals surface area (Å²) < 4.78 is 0. The number of rotatable bonds is 8. The predicted molar refractivity (Wildman–Crippen MR) is 111 cm³/mol. The molecule has 3 aromatic rings. The molecule has 0 heterocycles. The summed E-state index contributed by atoms with van der Waals surface area (Å²) in [6.07, 6.45) is 1.16. The number of aldehydes is 1. The van der Waals surface area contributed by atoms with Crippen LogP contribution in [0.3, 0.4) is 0 Å². The van der Waals surface area contributed by atoms with Crippen LogP contribution >= 0.6 is 0 Å². The highest BCUT2D eigenvalue weighted by Crippen LogP contribution is 2.36. The molecule has 1 unspecified atom stereocenters. The molecule has 3 aromatic carbocycles. The second kappa shape index (κ2) is 9.11. The van der Waals surface area contributed by atoms with Crippen LogP contribution in [0.15, 0.2) is 91.0 Å². The molecule has 1 atom stereocenters. The Bertz CT molecular complexity index is 799. The molecule has 0 saturated heterocycles. The summed E-state index contributed by atoms with van der Waals surface area (Å²) in [7, 11) is 0. The van der Waals surface area contributed by atoms with Gasteiger partial charge in [0.15, 0.2) is 0 Å². The molecule has 0 aliphatic carbocycles. The fraction of sp³-hybridized carbons (Fsp3) is 0.167. The first-order chi connectivity index (χ1) is 13.7. The van der Waals surface area contributed by atoms with E-state index in [1.54, 1.807) is 0 Å². The van der Waals surface area contributed by atoms with Crippen LogP contribution < -0.4 is 11.1 Å². The molecule has 3 rings (SSSR count). The second-order valence-electron chi connectivity index (χ2n) is 6.73. The lowest BCUT2D eigenvalue weighted by atomic mass is 9.77. The molecule has 0 aromatic heterocycles. The summed E-state index contributed by atoms with van der Waals surface area (Å²) in [4.78, 5) is 23.7. The quantitative estimate of drug-likeness (QED) is 0.470. The number of hydrogen-bond acceptors (Lipinski definition) is 3. The maximum atomic E-state index is 12.9. The van der Waals surface area contributed by atoms with Crippen LogP contribution in [0, 0.1) is 0 Å². The lowest BCUT2D eigenvalue weighted by Crippen LogP contribution is -2.48. The molecule has 0 saturated carbocycles. The molecular weight excluding hydrogens is 348 g/mol. The number of amides is 1. The summed E-state index contributed by atoms with van der Waals surface area (Å²) in [6, 6.07) is 29.1. The van der Waals surface area contributed by atoms with Gasteiger partial charge in [0.05, 0.1) is 6.04 Å². The molecule has 0 fully saturated rings. The van der Waals surface area contributed by atoms with E-state index in [4.69, 9.17) is 5.73 Å². The largest absolute Gasteiger partial charge is 0.338 e. The minimum atomic E-state index is -0.841. The number of carbonyl (C=O) groups is 2. The highest BCUT2D eigenvalue weighted by Gasteiger charge is 2.37. The molecular formula is C24H24N2O2. The first-order valence-corrected chi connectivity index (χ1v) is 9.35. The highest BCUT2D eigenvalue weighted by molar-refractivity contribution is 5.79. The zero-order valence-corrected chi connectivity index (χ0v) is 15.6. The van der Waals surface area contributed by atoms with Crippen molar-refractivity contribution in [3.05, 3.63) is 108 Å². The molecule has 4 nitrogen and oxygen atoms in total. The Kier molecular flexibility index (Phi) is 6.35. The third kappa shape index (κ3) is 4.18. The van der Waals surface area contributed by atoms with Gasteiger partial charge in [0, 0.05) is 6.42 Å². The minimum Gasteiger partial charge on any atom is -0.338 e. The molecule has 0 spiro atoms. The Morgan fingerprint density at radius 2 is 1.21 bits per heavy atom. The lowest BCUT2D eigenvalue weighted by molar-refractivity contribution is -0.122. The van der Waals surface area contributed by atoms with Crippen LogP contribution in [0.4, 0.5) is 0 Å². The Morgan fingerprint density at radius 3 is 1.57 bits per heavy atom. The van der Waals surface area contributed by atoms with E-state index in [0.29, 0.717) is 12.7 Å². The number of carbonyl (C=O) groups excluding carboxylic acids is 2. The average Bonchev–Trinajstić information content (AvgIpc) is 2.77. The van der Waals surface area contributed by atoms with Crippen molar-refractivity contribution in [2.75, 3.05) is 0 Å². The van der Waals surface area contributed by atoms with E-state index in [0.717, 1.165) is 16.7 Å². The second-order valence-corrected chi connectivity index (χ2v) is 6.73. The Hall–Kier alpha value is -3.24. The lowest BCUT2D eigenvalue weighted by Gasteiger charge is -2.37. The molecule has 0 aliphatic heterocycles.